The summed E-state index contributed by atoms with van der Waals surface area (Å²) >= 11 is 0. The van der Waals surface area contributed by atoms with E-state index in [1.807, 2.05) is 73.3 Å². The zero-order valence-corrected chi connectivity index (χ0v) is 32.7. The number of aromatic nitrogens is 4. The molecule has 0 unspecified atom stereocenters. The van der Waals surface area contributed by atoms with Crippen LogP contribution < -0.4 is 9.64 Å². The number of benzene rings is 5. The van der Waals surface area contributed by atoms with E-state index in [1.54, 1.807) is 0 Å². The van der Waals surface area contributed by atoms with Gasteiger partial charge in [0.2, 0.25) is 5.95 Å². The minimum atomic E-state index is 0. The minimum absolute atomic E-state index is 0. The van der Waals surface area contributed by atoms with Crippen LogP contribution in [0.25, 0.3) is 22.6 Å². The molecule has 0 bridgehead atoms. The molecule has 5 aromatic carbocycles. The van der Waals surface area contributed by atoms with Crippen LogP contribution in [-0.2, 0) is 21.1 Å². The fourth-order valence-electron chi connectivity index (χ4n) is 6.58. The first-order valence-corrected chi connectivity index (χ1v) is 17.7. The summed E-state index contributed by atoms with van der Waals surface area (Å²) in [5.74, 6) is 3.02. The van der Waals surface area contributed by atoms with Gasteiger partial charge < -0.3 is 14.2 Å². The Morgan fingerprint density at radius 3 is 1.96 bits per heavy atom. The second kappa shape index (κ2) is 16.0. The number of hydrogen-bond donors (Lipinski definition) is 0. The SMILES string of the molecule is CC(C)c1ccccc1-n1ccnc1N(c1[c-]c(Oc2[c-]c(-c3cn(-c4c(C(C)C)cccc4C(C)C)cn3)ccc2)ccc1)c1ccccc1.[Pt+2]. The molecular weight excluding hydrogens is 822 g/mol. The largest absolute Gasteiger partial charge is 2.00 e. The number of nitrogens with zero attached hydrogens (tertiary/aromatic N) is 5. The van der Waals surface area contributed by atoms with Crippen LogP contribution in [0.1, 0.15) is 76.0 Å². The van der Waals surface area contributed by atoms with Crippen molar-refractivity contribution in [3.05, 3.63) is 163 Å². The van der Waals surface area contributed by atoms with Crippen LogP contribution in [0, 0.1) is 12.1 Å². The van der Waals surface area contributed by atoms with Gasteiger partial charge in [0.15, 0.2) is 0 Å². The summed E-state index contributed by atoms with van der Waals surface area (Å²) in [4.78, 5) is 11.8. The number of hydrogen-bond acceptors (Lipinski definition) is 4. The third-order valence-corrected chi connectivity index (χ3v) is 9.10. The van der Waals surface area contributed by atoms with Crippen molar-refractivity contribution >= 4 is 17.3 Å². The molecule has 7 heteroatoms. The van der Waals surface area contributed by atoms with Gasteiger partial charge in [0.1, 0.15) is 0 Å². The van der Waals surface area contributed by atoms with Crippen molar-refractivity contribution < 1.29 is 25.8 Å². The van der Waals surface area contributed by atoms with Gasteiger partial charge in [-0.3, -0.25) is 9.55 Å². The van der Waals surface area contributed by atoms with Crippen molar-refractivity contribution in [2.45, 2.75) is 59.3 Å². The number of anilines is 3. The Labute approximate surface area is 322 Å². The van der Waals surface area contributed by atoms with Crippen molar-refractivity contribution in [1.29, 1.82) is 0 Å². The third-order valence-electron chi connectivity index (χ3n) is 9.10. The van der Waals surface area contributed by atoms with Gasteiger partial charge in [-0.15, -0.1) is 42.0 Å². The van der Waals surface area contributed by atoms with Crippen LogP contribution in [0.2, 0.25) is 0 Å². The molecule has 2 heterocycles. The molecule has 7 aromatic rings. The van der Waals surface area contributed by atoms with E-state index in [2.05, 4.69) is 129 Å². The van der Waals surface area contributed by atoms with Gasteiger partial charge in [-0.1, -0.05) is 108 Å². The van der Waals surface area contributed by atoms with E-state index in [0.717, 1.165) is 34.3 Å². The molecule has 0 saturated carbocycles. The Hall–Kier alpha value is -5.19. The Kier molecular flexibility index (Phi) is 11.3. The monoisotopic (exact) mass is 864 g/mol. The van der Waals surface area contributed by atoms with Gasteiger partial charge in [-0.25, -0.2) is 4.98 Å². The summed E-state index contributed by atoms with van der Waals surface area (Å²) in [6.07, 6.45) is 7.85. The van der Waals surface area contributed by atoms with Gasteiger partial charge in [0.25, 0.3) is 0 Å². The van der Waals surface area contributed by atoms with E-state index in [-0.39, 0.29) is 21.1 Å². The molecule has 0 atom stereocenters. The third kappa shape index (κ3) is 7.54. The molecule has 0 saturated heterocycles. The van der Waals surface area contributed by atoms with Gasteiger partial charge in [-0.2, -0.15) is 6.07 Å². The zero-order valence-electron chi connectivity index (χ0n) is 30.4. The second-order valence-electron chi connectivity index (χ2n) is 13.7. The summed E-state index contributed by atoms with van der Waals surface area (Å²) in [7, 11) is 0. The number of rotatable bonds is 11. The van der Waals surface area contributed by atoms with E-state index < -0.39 is 0 Å². The molecule has 52 heavy (non-hydrogen) atoms. The molecule has 0 fully saturated rings. The molecule has 264 valence electrons. The zero-order chi connectivity index (χ0) is 35.5. The maximum Gasteiger partial charge on any atom is 2.00 e. The maximum absolute atomic E-state index is 6.44. The van der Waals surface area contributed by atoms with E-state index in [0.29, 0.717) is 29.3 Å². The van der Waals surface area contributed by atoms with Crippen LogP contribution >= 0.6 is 0 Å². The molecule has 7 rings (SSSR count). The summed E-state index contributed by atoms with van der Waals surface area (Å²) in [5.41, 5.74) is 9.59. The van der Waals surface area contributed by atoms with Crippen LogP contribution in [-0.4, -0.2) is 19.1 Å². The second-order valence-corrected chi connectivity index (χ2v) is 13.7. The van der Waals surface area contributed by atoms with Crippen molar-refractivity contribution in [3.8, 4) is 34.1 Å². The average molecular weight is 865 g/mol. The Morgan fingerprint density at radius 1 is 0.635 bits per heavy atom. The molecule has 6 nitrogen and oxygen atoms in total. The first-order valence-electron chi connectivity index (χ1n) is 17.7. The van der Waals surface area contributed by atoms with Gasteiger partial charge in [-0.05, 0) is 58.8 Å². The minimum Gasteiger partial charge on any atom is -0.503 e. The normalized spacial score (nSPS) is 11.2. The average Bonchev–Trinajstić information content (AvgIpc) is 3.83. The van der Waals surface area contributed by atoms with Crippen molar-refractivity contribution in [1.82, 2.24) is 19.1 Å². The van der Waals surface area contributed by atoms with Crippen molar-refractivity contribution in [2.24, 2.45) is 0 Å². The Morgan fingerprint density at radius 2 is 1.25 bits per heavy atom. The standard InChI is InChI=1S/C45H43N5O.Pt/c1-31(2)39-21-10-11-24-43(39)49-26-25-46-45(49)50(35-16-8-7-9-17-35)36-18-13-20-38(28-36)51-37-19-12-15-34(27-37)42-29-48(30-47-42)44-40(32(3)4)22-14-23-41(44)33(5)6;/h7-26,29-33H,1-6H3;/q-2;+2. The predicted octanol–water partition coefficient (Wildman–Crippen LogP) is 12.0. The molecule has 0 aliphatic heterocycles. The summed E-state index contributed by atoms with van der Waals surface area (Å²) in [6, 6.07) is 44.1. The maximum atomic E-state index is 6.44. The molecule has 2 aromatic heterocycles. The number of ether oxygens (including phenoxy) is 1. The topological polar surface area (TPSA) is 48.1 Å². The van der Waals surface area contributed by atoms with E-state index in [9.17, 15) is 0 Å². The molecule has 0 N–H and O–H groups in total. The fraction of sp³-hybridized carbons (Fsp3) is 0.200. The van der Waals surface area contributed by atoms with Crippen molar-refractivity contribution in [2.75, 3.05) is 4.90 Å². The van der Waals surface area contributed by atoms with Gasteiger partial charge >= 0.3 is 21.1 Å². The van der Waals surface area contributed by atoms with Gasteiger partial charge in [0.05, 0.1) is 17.7 Å². The molecular formula is C45H43N5OPt. The van der Waals surface area contributed by atoms with Gasteiger partial charge in [0, 0.05) is 35.3 Å². The van der Waals surface area contributed by atoms with E-state index >= 15 is 0 Å². The van der Waals surface area contributed by atoms with E-state index in [4.69, 9.17) is 14.7 Å². The number of para-hydroxylation sites is 3. The summed E-state index contributed by atoms with van der Waals surface area (Å²) < 4.78 is 10.7. The molecule has 0 amide bonds. The fourth-order valence-corrected chi connectivity index (χ4v) is 6.58. The predicted molar refractivity (Wildman–Crippen MR) is 207 cm³/mol. The first kappa shape index (κ1) is 36.6. The Balaban J connectivity index is 0.00000464. The van der Waals surface area contributed by atoms with Crippen LogP contribution in [0.15, 0.2) is 134 Å². The quantitative estimate of drug-likeness (QED) is 0.122. The van der Waals surface area contributed by atoms with Crippen LogP contribution in [0.3, 0.4) is 0 Å². The molecule has 0 spiro atoms. The van der Waals surface area contributed by atoms with E-state index in [1.165, 1.54) is 22.4 Å². The first-order chi connectivity index (χ1) is 24.8. The van der Waals surface area contributed by atoms with Crippen LogP contribution in [0.5, 0.6) is 11.5 Å². The molecule has 0 radical (unpaired) electrons. The number of imidazole rings is 2. The Bertz CT molecular complexity index is 2230. The van der Waals surface area contributed by atoms with Crippen LogP contribution in [0.4, 0.5) is 17.3 Å². The smallest absolute Gasteiger partial charge is 0.503 e. The van der Waals surface area contributed by atoms with Crippen molar-refractivity contribution in [3.63, 3.8) is 0 Å². The summed E-state index contributed by atoms with van der Waals surface area (Å²) in [5, 5.41) is 0. The summed E-state index contributed by atoms with van der Waals surface area (Å²) in [6.45, 7) is 13.4. The molecule has 0 aliphatic carbocycles. The molecule has 0 aliphatic rings.